The highest BCUT2D eigenvalue weighted by atomic mass is 35.5. The predicted octanol–water partition coefficient (Wildman–Crippen LogP) is 3.38. The van der Waals surface area contributed by atoms with Gasteiger partial charge >= 0.3 is 6.03 Å². The highest BCUT2D eigenvalue weighted by Crippen LogP contribution is 2.35. The van der Waals surface area contributed by atoms with E-state index in [4.69, 9.17) is 16.3 Å². The van der Waals surface area contributed by atoms with Crippen molar-refractivity contribution >= 4 is 35.0 Å². The minimum absolute atomic E-state index is 0.134. The number of hydrogen-bond acceptors (Lipinski definition) is 4. The molecule has 0 bridgehead atoms. The quantitative estimate of drug-likeness (QED) is 0.847. The molecule has 27 heavy (non-hydrogen) atoms. The van der Waals surface area contributed by atoms with E-state index in [0.29, 0.717) is 35.2 Å². The third kappa shape index (κ3) is 3.89. The Morgan fingerprint density at radius 1 is 1.19 bits per heavy atom. The molecule has 1 spiro atoms. The van der Waals surface area contributed by atoms with Crippen LogP contribution in [0, 0.1) is 0 Å². The molecule has 2 saturated heterocycles. The Kier molecular flexibility index (Phi) is 4.72. The highest BCUT2D eigenvalue weighted by Gasteiger charge is 2.48. The van der Waals surface area contributed by atoms with Crippen molar-refractivity contribution < 1.29 is 14.3 Å². The van der Waals surface area contributed by atoms with Crippen LogP contribution in [-0.4, -0.2) is 47.1 Å². The number of aromatic nitrogens is 1. The van der Waals surface area contributed by atoms with E-state index in [9.17, 15) is 9.59 Å². The minimum Gasteiger partial charge on any atom is -0.371 e. The lowest BCUT2D eigenvalue weighted by atomic mass is 9.91. The summed E-state index contributed by atoms with van der Waals surface area (Å²) in [5, 5.41) is 6.02. The number of urea groups is 1. The number of nitrogens with zero attached hydrogens (tertiary/aromatic N) is 2. The van der Waals surface area contributed by atoms with Crippen LogP contribution >= 0.6 is 11.6 Å². The second kappa shape index (κ2) is 7.17. The van der Waals surface area contributed by atoms with Crippen molar-refractivity contribution in [3.05, 3.63) is 53.2 Å². The van der Waals surface area contributed by atoms with Crippen molar-refractivity contribution in [2.24, 2.45) is 0 Å². The summed E-state index contributed by atoms with van der Waals surface area (Å²) in [5.74, 6) is 0.0875. The number of pyridine rings is 1. The fourth-order valence-electron chi connectivity index (χ4n) is 3.38. The standard InChI is InChI=1S/C19H19ClN4O3/c20-14-5-6-16(21-10-14)23-17(25)13-3-1-4-15(9-13)22-18(26)24-11-19(12-24)7-2-8-27-19/h1,3-6,9-10H,2,7-8,11-12H2,(H,22,26)(H,21,23,25). The molecule has 0 unspecified atom stereocenters. The molecular formula is C19H19ClN4O3. The topological polar surface area (TPSA) is 83.6 Å². The van der Waals surface area contributed by atoms with E-state index in [2.05, 4.69) is 15.6 Å². The maximum atomic E-state index is 12.4. The van der Waals surface area contributed by atoms with Crippen LogP contribution in [0.4, 0.5) is 16.3 Å². The lowest BCUT2D eigenvalue weighted by molar-refractivity contribution is -0.0893. The molecule has 3 heterocycles. The third-order valence-corrected chi connectivity index (χ3v) is 5.00. The van der Waals surface area contributed by atoms with Gasteiger partial charge in [-0.3, -0.25) is 4.79 Å². The largest absolute Gasteiger partial charge is 0.371 e. The highest BCUT2D eigenvalue weighted by molar-refractivity contribution is 6.30. The molecule has 8 heteroatoms. The molecule has 2 N–H and O–H groups in total. The average Bonchev–Trinajstić information content (AvgIpc) is 3.13. The zero-order valence-electron chi connectivity index (χ0n) is 14.6. The first-order valence-electron chi connectivity index (χ1n) is 8.76. The average molecular weight is 387 g/mol. The number of halogens is 1. The summed E-state index contributed by atoms with van der Waals surface area (Å²) in [5.41, 5.74) is 0.846. The molecule has 4 rings (SSSR count). The van der Waals surface area contributed by atoms with E-state index in [0.717, 1.165) is 19.4 Å². The first kappa shape index (κ1) is 17.8. The Morgan fingerprint density at radius 3 is 2.74 bits per heavy atom. The molecule has 140 valence electrons. The molecule has 2 aromatic rings. The Balaban J connectivity index is 1.36. The summed E-state index contributed by atoms with van der Waals surface area (Å²) < 4.78 is 5.73. The van der Waals surface area contributed by atoms with Gasteiger partial charge in [-0.15, -0.1) is 0 Å². The first-order valence-corrected chi connectivity index (χ1v) is 9.14. The monoisotopic (exact) mass is 386 g/mol. The molecule has 1 aromatic carbocycles. The third-order valence-electron chi connectivity index (χ3n) is 4.78. The predicted molar refractivity (Wildman–Crippen MR) is 102 cm³/mol. The van der Waals surface area contributed by atoms with Crippen LogP contribution in [0.25, 0.3) is 0 Å². The molecule has 2 fully saturated rings. The van der Waals surface area contributed by atoms with Crippen LogP contribution in [0.15, 0.2) is 42.6 Å². The summed E-state index contributed by atoms with van der Waals surface area (Å²) in [4.78, 5) is 30.5. The van der Waals surface area contributed by atoms with Crippen LogP contribution in [0.5, 0.6) is 0 Å². The number of nitrogens with one attached hydrogen (secondary N) is 2. The zero-order valence-corrected chi connectivity index (χ0v) is 15.3. The number of hydrogen-bond donors (Lipinski definition) is 2. The van der Waals surface area contributed by atoms with Gasteiger partial charge in [0.25, 0.3) is 5.91 Å². The van der Waals surface area contributed by atoms with Gasteiger partial charge < -0.3 is 20.3 Å². The number of ether oxygens (including phenoxy) is 1. The van der Waals surface area contributed by atoms with Gasteiger partial charge in [-0.2, -0.15) is 0 Å². The number of amides is 3. The first-order chi connectivity index (χ1) is 13.0. The second-order valence-electron chi connectivity index (χ2n) is 6.82. The Bertz CT molecular complexity index is 858. The fourth-order valence-corrected chi connectivity index (χ4v) is 3.49. The molecule has 0 atom stereocenters. The van der Waals surface area contributed by atoms with E-state index < -0.39 is 0 Å². The van der Waals surface area contributed by atoms with Gasteiger partial charge in [0.05, 0.1) is 18.1 Å². The molecule has 2 aliphatic rings. The molecular weight excluding hydrogens is 368 g/mol. The van der Waals surface area contributed by atoms with Crippen molar-refractivity contribution in [3.8, 4) is 0 Å². The van der Waals surface area contributed by atoms with Gasteiger partial charge in [-0.25, -0.2) is 9.78 Å². The van der Waals surface area contributed by atoms with Gasteiger partial charge in [0.2, 0.25) is 0 Å². The number of likely N-dealkylation sites (tertiary alicyclic amines) is 1. The Labute approximate surface area is 161 Å². The van der Waals surface area contributed by atoms with Crippen LogP contribution in [0.2, 0.25) is 5.02 Å². The van der Waals surface area contributed by atoms with E-state index in [1.165, 1.54) is 6.20 Å². The summed E-state index contributed by atoms with van der Waals surface area (Å²) >= 11 is 5.79. The van der Waals surface area contributed by atoms with Gasteiger partial charge in [-0.05, 0) is 43.2 Å². The van der Waals surface area contributed by atoms with Crippen molar-refractivity contribution in [2.45, 2.75) is 18.4 Å². The lowest BCUT2D eigenvalue weighted by Crippen LogP contribution is -2.63. The van der Waals surface area contributed by atoms with Crippen molar-refractivity contribution in [1.29, 1.82) is 0 Å². The number of benzene rings is 1. The maximum absolute atomic E-state index is 12.4. The van der Waals surface area contributed by atoms with Crippen molar-refractivity contribution in [3.63, 3.8) is 0 Å². The number of carbonyl (C=O) groups is 2. The maximum Gasteiger partial charge on any atom is 0.322 e. The van der Waals surface area contributed by atoms with E-state index in [1.54, 1.807) is 41.3 Å². The molecule has 1 aromatic heterocycles. The Hall–Kier alpha value is -2.64. The SMILES string of the molecule is O=C(Nc1ccc(Cl)cn1)c1cccc(NC(=O)N2CC3(CCCO3)C2)c1. The van der Waals surface area contributed by atoms with Crippen LogP contribution in [0.3, 0.4) is 0 Å². The Morgan fingerprint density at radius 2 is 2.04 bits per heavy atom. The van der Waals surface area contributed by atoms with E-state index >= 15 is 0 Å². The summed E-state index contributed by atoms with van der Waals surface area (Å²) in [6, 6.07) is 9.85. The smallest absolute Gasteiger partial charge is 0.322 e. The van der Waals surface area contributed by atoms with Crippen LogP contribution in [-0.2, 0) is 4.74 Å². The molecule has 2 aliphatic heterocycles. The van der Waals surface area contributed by atoms with Crippen molar-refractivity contribution in [2.75, 3.05) is 30.3 Å². The van der Waals surface area contributed by atoms with Gasteiger partial charge in [0, 0.05) is 24.1 Å². The summed E-state index contributed by atoms with van der Waals surface area (Å²) in [7, 11) is 0. The normalized spacial score (nSPS) is 17.4. The molecule has 7 nitrogen and oxygen atoms in total. The van der Waals surface area contributed by atoms with Crippen LogP contribution < -0.4 is 10.6 Å². The van der Waals surface area contributed by atoms with Gasteiger partial charge in [-0.1, -0.05) is 17.7 Å². The van der Waals surface area contributed by atoms with E-state index in [1.807, 2.05) is 0 Å². The number of carbonyl (C=O) groups excluding carboxylic acids is 2. The number of rotatable bonds is 3. The number of anilines is 2. The summed E-state index contributed by atoms with van der Waals surface area (Å²) in [6.45, 7) is 2.00. The molecule has 0 aliphatic carbocycles. The fraction of sp³-hybridized carbons (Fsp3) is 0.316. The van der Waals surface area contributed by atoms with Gasteiger partial charge in [0.15, 0.2) is 0 Å². The summed E-state index contributed by atoms with van der Waals surface area (Å²) in [6.07, 6.45) is 3.52. The van der Waals surface area contributed by atoms with Crippen LogP contribution in [0.1, 0.15) is 23.2 Å². The zero-order chi connectivity index (χ0) is 18.9. The minimum atomic E-state index is -0.316. The lowest BCUT2D eigenvalue weighted by Gasteiger charge is -2.46. The van der Waals surface area contributed by atoms with Gasteiger partial charge in [0.1, 0.15) is 11.4 Å². The van der Waals surface area contributed by atoms with Crippen molar-refractivity contribution in [1.82, 2.24) is 9.88 Å². The molecule has 0 saturated carbocycles. The second-order valence-corrected chi connectivity index (χ2v) is 7.25. The van der Waals surface area contributed by atoms with E-state index in [-0.39, 0.29) is 17.5 Å². The molecule has 0 radical (unpaired) electrons. The molecule has 3 amide bonds.